The second-order valence-electron chi connectivity index (χ2n) is 4.47. The van der Waals surface area contributed by atoms with E-state index >= 15 is 0 Å². The normalized spacial score (nSPS) is 35.9. The number of hydrogen-bond donors (Lipinski definition) is 0. The van der Waals surface area contributed by atoms with E-state index in [-0.39, 0.29) is 0 Å². The molecule has 74 valence electrons. The highest BCUT2D eigenvalue weighted by Gasteiger charge is 2.35. The van der Waals surface area contributed by atoms with E-state index in [0.717, 1.165) is 31.0 Å². The standard InChI is InChI=1S/C12H20O/c1-2-3-6-13-9-12-8-10-4-5-11(12)7-10/h4-5,10-12H,2-3,6-9H2,1H3/t10-,11+,12?/m1/s1. The van der Waals surface area contributed by atoms with Gasteiger partial charge in [-0.2, -0.15) is 0 Å². The molecule has 0 N–H and O–H groups in total. The van der Waals surface area contributed by atoms with E-state index < -0.39 is 0 Å². The Morgan fingerprint density at radius 1 is 1.31 bits per heavy atom. The lowest BCUT2D eigenvalue weighted by Crippen LogP contribution is -2.14. The Balaban J connectivity index is 1.64. The molecule has 2 rings (SSSR count). The van der Waals surface area contributed by atoms with E-state index in [2.05, 4.69) is 19.1 Å². The molecule has 2 aliphatic rings. The molecule has 2 bridgehead atoms. The fourth-order valence-electron chi connectivity index (χ4n) is 2.57. The lowest BCUT2D eigenvalue weighted by molar-refractivity contribution is 0.0886. The van der Waals surface area contributed by atoms with E-state index in [1.807, 2.05) is 0 Å². The van der Waals surface area contributed by atoms with Crippen molar-refractivity contribution in [3.05, 3.63) is 12.2 Å². The number of rotatable bonds is 5. The molecule has 0 aromatic carbocycles. The third-order valence-corrected chi connectivity index (χ3v) is 3.39. The summed E-state index contributed by atoms with van der Waals surface area (Å²) in [6, 6.07) is 0. The van der Waals surface area contributed by atoms with E-state index in [0.29, 0.717) is 0 Å². The maximum Gasteiger partial charge on any atom is 0.0500 e. The Kier molecular flexibility index (Phi) is 3.05. The van der Waals surface area contributed by atoms with Crippen LogP contribution in [-0.4, -0.2) is 13.2 Å². The van der Waals surface area contributed by atoms with Crippen LogP contribution in [0.25, 0.3) is 0 Å². The van der Waals surface area contributed by atoms with E-state index in [9.17, 15) is 0 Å². The number of allylic oxidation sites excluding steroid dienone is 2. The summed E-state index contributed by atoms with van der Waals surface area (Å²) in [5.74, 6) is 2.59. The van der Waals surface area contributed by atoms with Gasteiger partial charge in [0.15, 0.2) is 0 Å². The molecular formula is C12H20O. The fourth-order valence-corrected chi connectivity index (χ4v) is 2.57. The Hall–Kier alpha value is -0.300. The van der Waals surface area contributed by atoms with Crippen LogP contribution in [0.1, 0.15) is 32.6 Å². The van der Waals surface area contributed by atoms with E-state index in [1.54, 1.807) is 0 Å². The summed E-state index contributed by atoms with van der Waals surface area (Å²) in [6.07, 6.45) is 10.1. The molecule has 0 saturated heterocycles. The van der Waals surface area contributed by atoms with Gasteiger partial charge in [0, 0.05) is 13.2 Å². The van der Waals surface area contributed by atoms with Crippen LogP contribution in [-0.2, 0) is 4.74 Å². The molecule has 0 heterocycles. The summed E-state index contributed by atoms with van der Waals surface area (Å²) in [4.78, 5) is 0. The molecule has 1 nitrogen and oxygen atoms in total. The van der Waals surface area contributed by atoms with Crippen molar-refractivity contribution < 1.29 is 4.74 Å². The van der Waals surface area contributed by atoms with Crippen LogP contribution in [0.3, 0.4) is 0 Å². The molecule has 1 fully saturated rings. The van der Waals surface area contributed by atoms with Crippen molar-refractivity contribution in [2.24, 2.45) is 17.8 Å². The molecule has 1 saturated carbocycles. The first-order valence-electron chi connectivity index (χ1n) is 5.66. The molecule has 0 radical (unpaired) electrons. The monoisotopic (exact) mass is 180 g/mol. The first kappa shape index (κ1) is 9.26. The summed E-state index contributed by atoms with van der Waals surface area (Å²) in [6.45, 7) is 4.18. The highest BCUT2D eigenvalue weighted by Crippen LogP contribution is 2.43. The van der Waals surface area contributed by atoms with E-state index in [4.69, 9.17) is 4.74 Å². The molecule has 0 aromatic heterocycles. The number of unbranched alkanes of at least 4 members (excludes halogenated alkanes) is 1. The van der Waals surface area contributed by atoms with Gasteiger partial charge < -0.3 is 4.74 Å². The minimum Gasteiger partial charge on any atom is -0.381 e. The van der Waals surface area contributed by atoms with Crippen molar-refractivity contribution in [2.45, 2.75) is 32.6 Å². The average molecular weight is 180 g/mol. The van der Waals surface area contributed by atoms with Gasteiger partial charge in [-0.3, -0.25) is 0 Å². The topological polar surface area (TPSA) is 9.23 Å². The summed E-state index contributed by atoms with van der Waals surface area (Å²) < 4.78 is 5.68. The Morgan fingerprint density at radius 2 is 2.23 bits per heavy atom. The van der Waals surface area contributed by atoms with Crippen molar-refractivity contribution in [3.8, 4) is 0 Å². The van der Waals surface area contributed by atoms with Crippen LogP contribution >= 0.6 is 0 Å². The molecule has 0 aromatic rings. The third-order valence-electron chi connectivity index (χ3n) is 3.39. The van der Waals surface area contributed by atoms with Crippen molar-refractivity contribution in [2.75, 3.05) is 13.2 Å². The van der Waals surface area contributed by atoms with Gasteiger partial charge in [-0.1, -0.05) is 25.5 Å². The van der Waals surface area contributed by atoms with E-state index in [1.165, 1.54) is 25.7 Å². The highest BCUT2D eigenvalue weighted by molar-refractivity contribution is 5.09. The summed E-state index contributed by atoms with van der Waals surface area (Å²) in [7, 11) is 0. The van der Waals surface area contributed by atoms with Gasteiger partial charge >= 0.3 is 0 Å². The maximum atomic E-state index is 5.68. The minimum atomic E-state index is 0.840. The van der Waals surface area contributed by atoms with Crippen molar-refractivity contribution in [1.29, 1.82) is 0 Å². The number of ether oxygens (including phenoxy) is 1. The predicted molar refractivity (Wildman–Crippen MR) is 54.6 cm³/mol. The zero-order chi connectivity index (χ0) is 9.10. The first-order valence-corrected chi connectivity index (χ1v) is 5.66. The summed E-state index contributed by atoms with van der Waals surface area (Å²) in [5.41, 5.74) is 0. The van der Waals surface area contributed by atoms with Crippen molar-refractivity contribution in [3.63, 3.8) is 0 Å². The molecule has 0 amide bonds. The van der Waals surface area contributed by atoms with Gasteiger partial charge in [0.1, 0.15) is 0 Å². The molecule has 1 unspecified atom stereocenters. The lowest BCUT2D eigenvalue weighted by atomic mass is 9.95. The number of hydrogen-bond acceptors (Lipinski definition) is 1. The zero-order valence-corrected chi connectivity index (χ0v) is 8.54. The molecule has 2 aliphatic carbocycles. The van der Waals surface area contributed by atoms with Crippen molar-refractivity contribution >= 4 is 0 Å². The fraction of sp³-hybridized carbons (Fsp3) is 0.833. The largest absolute Gasteiger partial charge is 0.381 e. The third kappa shape index (κ3) is 2.14. The summed E-state index contributed by atoms with van der Waals surface area (Å²) in [5, 5.41) is 0. The molecule has 0 aliphatic heterocycles. The highest BCUT2D eigenvalue weighted by atomic mass is 16.5. The Morgan fingerprint density at radius 3 is 2.85 bits per heavy atom. The summed E-state index contributed by atoms with van der Waals surface area (Å²) >= 11 is 0. The average Bonchev–Trinajstić information content (AvgIpc) is 2.73. The molecule has 13 heavy (non-hydrogen) atoms. The van der Waals surface area contributed by atoms with Crippen LogP contribution in [0.15, 0.2) is 12.2 Å². The second kappa shape index (κ2) is 4.28. The van der Waals surface area contributed by atoms with Gasteiger partial charge in [0.2, 0.25) is 0 Å². The van der Waals surface area contributed by atoms with Crippen molar-refractivity contribution in [1.82, 2.24) is 0 Å². The lowest BCUT2D eigenvalue weighted by Gasteiger charge is -2.17. The predicted octanol–water partition coefficient (Wildman–Crippen LogP) is 3.02. The SMILES string of the molecule is CCCCOCC1C[C@@H]2C=C[C@H]1C2. The molecular weight excluding hydrogens is 160 g/mol. The zero-order valence-electron chi connectivity index (χ0n) is 8.54. The van der Waals surface area contributed by atoms with Crippen LogP contribution in [0, 0.1) is 17.8 Å². The molecule has 1 heteroatoms. The quantitative estimate of drug-likeness (QED) is 0.467. The van der Waals surface area contributed by atoms with Crippen LogP contribution in [0.2, 0.25) is 0 Å². The smallest absolute Gasteiger partial charge is 0.0500 e. The second-order valence-corrected chi connectivity index (χ2v) is 4.47. The van der Waals surface area contributed by atoms with Crippen LogP contribution < -0.4 is 0 Å². The molecule has 3 atom stereocenters. The van der Waals surface area contributed by atoms with Crippen LogP contribution in [0.4, 0.5) is 0 Å². The van der Waals surface area contributed by atoms with Gasteiger partial charge in [-0.25, -0.2) is 0 Å². The maximum absolute atomic E-state index is 5.68. The number of fused-ring (bicyclic) bond motifs is 2. The van der Waals surface area contributed by atoms with Gasteiger partial charge in [-0.15, -0.1) is 0 Å². The van der Waals surface area contributed by atoms with Crippen LogP contribution in [0.5, 0.6) is 0 Å². The van der Waals surface area contributed by atoms with Gasteiger partial charge in [0.25, 0.3) is 0 Å². The Bertz CT molecular complexity index is 186. The van der Waals surface area contributed by atoms with Gasteiger partial charge in [0.05, 0.1) is 0 Å². The first-order chi connectivity index (χ1) is 6.40. The Labute approximate surface area is 81.2 Å². The minimum absolute atomic E-state index is 0.840. The van der Waals surface area contributed by atoms with Gasteiger partial charge in [-0.05, 0) is 37.0 Å². The molecule has 0 spiro atoms.